The van der Waals surface area contributed by atoms with Crippen molar-refractivity contribution >= 4 is 17.5 Å². The first kappa shape index (κ1) is 13.5. The fourth-order valence-corrected chi connectivity index (χ4v) is 4.38. The van der Waals surface area contributed by atoms with E-state index in [2.05, 4.69) is 26.0 Å². The summed E-state index contributed by atoms with van der Waals surface area (Å²) in [5, 5.41) is 0. The summed E-state index contributed by atoms with van der Waals surface area (Å²) in [5.41, 5.74) is 4.36. The zero-order valence-corrected chi connectivity index (χ0v) is 13.0. The Morgan fingerprint density at radius 2 is 1.41 bits per heavy atom. The van der Waals surface area contributed by atoms with Gasteiger partial charge in [0.15, 0.2) is 0 Å². The predicted molar refractivity (Wildman–Crippen MR) is 85.1 cm³/mol. The summed E-state index contributed by atoms with van der Waals surface area (Å²) < 4.78 is 0. The molecule has 4 atom stereocenters. The first-order valence-corrected chi connectivity index (χ1v) is 7.81. The lowest BCUT2D eigenvalue weighted by molar-refractivity contribution is -0.122. The van der Waals surface area contributed by atoms with E-state index in [-0.39, 0.29) is 35.5 Å². The summed E-state index contributed by atoms with van der Waals surface area (Å²) in [6.45, 7) is 6.16. The zero-order valence-electron chi connectivity index (χ0n) is 13.0. The van der Waals surface area contributed by atoms with Crippen molar-refractivity contribution in [2.45, 2.75) is 20.8 Å². The highest BCUT2D eigenvalue weighted by atomic mass is 16.2. The van der Waals surface area contributed by atoms with Crippen molar-refractivity contribution in [1.29, 1.82) is 0 Å². The van der Waals surface area contributed by atoms with Crippen LogP contribution in [0.1, 0.15) is 19.4 Å². The minimum absolute atomic E-state index is 0.0329. The molecule has 2 fully saturated rings. The fourth-order valence-electron chi connectivity index (χ4n) is 4.38. The van der Waals surface area contributed by atoms with Gasteiger partial charge in [-0.3, -0.25) is 9.59 Å². The molecule has 1 aromatic rings. The number of benzene rings is 1. The average Bonchev–Trinajstić information content (AvgIpc) is 3.11. The number of fused-ring (bicyclic) bond motifs is 5. The highest BCUT2D eigenvalue weighted by molar-refractivity contribution is 6.23. The number of allylic oxidation sites excluding steroid dienone is 4. The van der Waals surface area contributed by atoms with Gasteiger partial charge in [-0.05, 0) is 32.9 Å². The molecule has 0 spiro atoms. The molecule has 2 bridgehead atoms. The van der Waals surface area contributed by atoms with E-state index in [0.29, 0.717) is 5.69 Å². The topological polar surface area (TPSA) is 37.4 Å². The third-order valence-corrected chi connectivity index (χ3v) is 5.29. The summed E-state index contributed by atoms with van der Waals surface area (Å²) >= 11 is 0. The second-order valence-electron chi connectivity index (χ2n) is 6.79. The van der Waals surface area contributed by atoms with Gasteiger partial charge in [0.05, 0.1) is 17.5 Å². The molecule has 1 saturated carbocycles. The molecule has 1 heterocycles. The summed E-state index contributed by atoms with van der Waals surface area (Å²) in [4.78, 5) is 27.2. The molecule has 4 rings (SSSR count). The van der Waals surface area contributed by atoms with Crippen molar-refractivity contribution in [2.24, 2.45) is 23.7 Å². The van der Waals surface area contributed by atoms with Crippen LogP contribution in [0.4, 0.5) is 5.69 Å². The number of anilines is 1. The van der Waals surface area contributed by atoms with E-state index in [1.165, 1.54) is 16.0 Å². The fraction of sp³-hybridized carbons (Fsp3) is 0.368. The maximum Gasteiger partial charge on any atom is 0.238 e. The van der Waals surface area contributed by atoms with Gasteiger partial charge in [0.1, 0.15) is 0 Å². The molecule has 0 N–H and O–H groups in total. The minimum atomic E-state index is -0.200. The number of hydrogen-bond donors (Lipinski definition) is 0. The Bertz CT molecular complexity index is 703. The molecule has 2 aliphatic carbocycles. The maximum atomic E-state index is 12.9. The second-order valence-corrected chi connectivity index (χ2v) is 6.79. The maximum absolute atomic E-state index is 12.9. The van der Waals surface area contributed by atoms with Crippen LogP contribution in [-0.2, 0) is 9.59 Å². The van der Waals surface area contributed by atoms with Crippen LogP contribution >= 0.6 is 0 Å². The number of rotatable bonds is 1. The van der Waals surface area contributed by atoms with Crippen LogP contribution in [0.25, 0.3) is 0 Å². The molecule has 3 nitrogen and oxygen atoms in total. The van der Waals surface area contributed by atoms with Crippen LogP contribution < -0.4 is 4.90 Å². The van der Waals surface area contributed by atoms with Crippen LogP contribution in [0.2, 0.25) is 0 Å². The quantitative estimate of drug-likeness (QED) is 0.589. The van der Waals surface area contributed by atoms with Gasteiger partial charge in [-0.1, -0.05) is 41.0 Å². The lowest BCUT2D eigenvalue weighted by Crippen LogP contribution is -2.33. The number of aryl methyl sites for hydroxylation is 1. The Morgan fingerprint density at radius 3 is 1.86 bits per heavy atom. The van der Waals surface area contributed by atoms with Crippen LogP contribution in [0, 0.1) is 30.6 Å². The molecule has 1 aromatic carbocycles. The molecule has 2 amide bonds. The normalized spacial score (nSPS) is 32.1. The van der Waals surface area contributed by atoms with Gasteiger partial charge in [-0.15, -0.1) is 0 Å². The summed E-state index contributed by atoms with van der Waals surface area (Å²) in [5.74, 6) is -0.231. The van der Waals surface area contributed by atoms with Crippen LogP contribution in [0.3, 0.4) is 0 Å². The van der Waals surface area contributed by atoms with E-state index in [4.69, 9.17) is 0 Å². The third-order valence-electron chi connectivity index (χ3n) is 5.29. The van der Waals surface area contributed by atoms with Crippen molar-refractivity contribution in [1.82, 2.24) is 0 Å². The van der Waals surface area contributed by atoms with Crippen LogP contribution in [0.15, 0.2) is 47.6 Å². The number of imide groups is 1. The van der Waals surface area contributed by atoms with Crippen LogP contribution in [0.5, 0.6) is 0 Å². The molecule has 0 aromatic heterocycles. The highest BCUT2D eigenvalue weighted by Gasteiger charge is 2.61. The van der Waals surface area contributed by atoms with E-state index in [1.54, 1.807) is 0 Å². The number of carbonyl (C=O) groups is 2. The predicted octanol–water partition coefficient (Wildman–Crippen LogP) is 3.25. The molecule has 22 heavy (non-hydrogen) atoms. The number of hydrogen-bond acceptors (Lipinski definition) is 2. The smallest absolute Gasteiger partial charge is 0.238 e. The SMILES string of the molecule is CC(C)=C1[C@H]2C=C[C@H]1[C@@H]1C(=O)N(c3ccc(C)cc3)C(=O)[C@H]12. The lowest BCUT2D eigenvalue weighted by atomic mass is 9.85. The van der Waals surface area contributed by atoms with E-state index >= 15 is 0 Å². The van der Waals surface area contributed by atoms with Crippen molar-refractivity contribution in [2.75, 3.05) is 4.90 Å². The highest BCUT2D eigenvalue weighted by Crippen LogP contribution is 2.57. The lowest BCUT2D eigenvalue weighted by Gasteiger charge is -2.19. The Morgan fingerprint density at radius 1 is 0.909 bits per heavy atom. The molecule has 3 aliphatic rings. The first-order valence-electron chi connectivity index (χ1n) is 7.81. The third kappa shape index (κ3) is 1.57. The minimum Gasteiger partial charge on any atom is -0.274 e. The van der Waals surface area contributed by atoms with Gasteiger partial charge in [-0.25, -0.2) is 4.90 Å². The number of carbonyl (C=O) groups excluding carboxylic acids is 2. The molecular formula is C19H19NO2. The largest absolute Gasteiger partial charge is 0.274 e. The summed E-state index contributed by atoms with van der Waals surface area (Å²) in [6, 6.07) is 7.61. The van der Waals surface area contributed by atoms with E-state index in [9.17, 15) is 9.59 Å². The van der Waals surface area contributed by atoms with Crippen molar-refractivity contribution in [3.8, 4) is 0 Å². The van der Waals surface area contributed by atoms with Crippen molar-refractivity contribution < 1.29 is 9.59 Å². The summed E-state index contributed by atoms with van der Waals surface area (Å²) in [6.07, 6.45) is 4.25. The van der Waals surface area contributed by atoms with Crippen LogP contribution in [-0.4, -0.2) is 11.8 Å². The van der Waals surface area contributed by atoms with Gasteiger partial charge >= 0.3 is 0 Å². The zero-order chi connectivity index (χ0) is 15.6. The molecule has 0 unspecified atom stereocenters. The molecule has 1 aliphatic heterocycles. The molecule has 3 heteroatoms. The molecule has 112 valence electrons. The Kier molecular flexibility index (Phi) is 2.71. The summed E-state index contributed by atoms with van der Waals surface area (Å²) in [7, 11) is 0. The Labute approximate surface area is 130 Å². The monoisotopic (exact) mass is 293 g/mol. The van der Waals surface area contributed by atoms with E-state index in [0.717, 1.165) is 5.56 Å². The standard InChI is InChI=1S/C19H19NO2/c1-10(2)15-13-8-9-14(15)17-16(13)18(21)20(19(17)22)12-6-4-11(3)5-7-12/h4-9,13-14,16-17H,1-3H3/t13-,14-,16+,17+/m1/s1. The van der Waals surface area contributed by atoms with Gasteiger partial charge in [0, 0.05) is 11.8 Å². The Hall–Kier alpha value is -2.16. The molecule has 0 radical (unpaired) electrons. The number of nitrogens with zero attached hydrogens (tertiary/aromatic N) is 1. The molecule has 1 saturated heterocycles. The van der Waals surface area contributed by atoms with Gasteiger partial charge < -0.3 is 0 Å². The van der Waals surface area contributed by atoms with Crippen molar-refractivity contribution in [3.05, 3.63) is 53.1 Å². The van der Waals surface area contributed by atoms with Gasteiger partial charge in [0.2, 0.25) is 11.8 Å². The molecular weight excluding hydrogens is 274 g/mol. The number of amides is 2. The van der Waals surface area contributed by atoms with E-state index < -0.39 is 0 Å². The van der Waals surface area contributed by atoms with E-state index in [1.807, 2.05) is 31.2 Å². The second kappa shape index (κ2) is 4.42. The van der Waals surface area contributed by atoms with Gasteiger partial charge in [0.25, 0.3) is 0 Å². The van der Waals surface area contributed by atoms with Gasteiger partial charge in [-0.2, -0.15) is 0 Å². The van der Waals surface area contributed by atoms with Crippen molar-refractivity contribution in [3.63, 3.8) is 0 Å². The first-order chi connectivity index (χ1) is 10.5. The Balaban J connectivity index is 1.76. The average molecular weight is 293 g/mol.